The largest absolute Gasteiger partial charge is 0.286 e. The maximum absolute atomic E-state index is 12.0. The fourth-order valence-electron chi connectivity index (χ4n) is 1.95. The van der Waals surface area contributed by atoms with Crippen LogP contribution in [-0.4, -0.2) is 34.3 Å². The molecule has 1 aliphatic rings. The van der Waals surface area contributed by atoms with Crippen molar-refractivity contribution in [3.8, 4) is 0 Å². The van der Waals surface area contributed by atoms with E-state index < -0.39 is 15.9 Å². The number of nitrogens with one attached hydrogen (secondary N) is 3. The number of carbonyl (C=O) groups excluding carboxylic acids is 1. The van der Waals surface area contributed by atoms with E-state index in [-0.39, 0.29) is 10.6 Å². The lowest BCUT2D eigenvalue weighted by Crippen LogP contribution is -2.41. The number of rotatable bonds is 6. The van der Waals surface area contributed by atoms with Crippen LogP contribution in [0.15, 0.2) is 23.4 Å². The summed E-state index contributed by atoms with van der Waals surface area (Å²) in [4.78, 5) is 13.9. The summed E-state index contributed by atoms with van der Waals surface area (Å²) in [6.07, 6.45) is 4.76. The first kappa shape index (κ1) is 14.7. The number of hydrogen-bond donors (Lipinski definition) is 3. The van der Waals surface area contributed by atoms with Crippen molar-refractivity contribution in [3.05, 3.63) is 29.8 Å². The number of hydrogen-bond acceptors (Lipinski definition) is 5. The Balaban J connectivity index is 1.63. The highest BCUT2D eigenvalue weighted by Crippen LogP contribution is 2.38. The van der Waals surface area contributed by atoms with Gasteiger partial charge < -0.3 is 0 Å². The first-order valence-electron chi connectivity index (χ1n) is 6.89. The maximum Gasteiger partial charge on any atom is 0.286 e. The third-order valence-electron chi connectivity index (χ3n) is 3.39. The number of hydrazine groups is 1. The van der Waals surface area contributed by atoms with Crippen molar-refractivity contribution >= 4 is 15.9 Å². The number of carbonyl (C=O) groups is 1. The average molecular weight is 324 g/mol. The Hall–Kier alpha value is -2.20. The minimum Gasteiger partial charge on any atom is -0.281 e. The van der Waals surface area contributed by atoms with Gasteiger partial charge in [-0.25, -0.2) is 8.42 Å². The minimum atomic E-state index is -3.85. The van der Waals surface area contributed by atoms with Gasteiger partial charge in [-0.3, -0.25) is 20.0 Å². The molecule has 1 fully saturated rings. The van der Waals surface area contributed by atoms with Crippen molar-refractivity contribution in [2.75, 3.05) is 0 Å². The molecule has 0 spiro atoms. The molecule has 0 atom stereocenters. The first-order valence-corrected chi connectivity index (χ1v) is 8.38. The van der Waals surface area contributed by atoms with E-state index in [1.54, 1.807) is 6.07 Å². The van der Waals surface area contributed by atoms with Gasteiger partial charge in [0.05, 0.1) is 6.20 Å². The number of nitrogens with zero attached hydrogens (tertiary/aromatic N) is 3. The number of aryl methyl sites for hydroxylation is 1. The number of H-pyrrole nitrogens is 1. The van der Waals surface area contributed by atoms with Crippen LogP contribution in [0.25, 0.3) is 0 Å². The van der Waals surface area contributed by atoms with Crippen LogP contribution in [0.3, 0.4) is 0 Å². The second-order valence-electron chi connectivity index (χ2n) is 5.07. The molecule has 9 nitrogen and oxygen atoms in total. The van der Waals surface area contributed by atoms with Crippen molar-refractivity contribution < 1.29 is 13.2 Å². The molecule has 3 N–H and O–H groups in total. The summed E-state index contributed by atoms with van der Waals surface area (Å²) in [5.41, 5.74) is 3.19. The van der Waals surface area contributed by atoms with Crippen molar-refractivity contribution in [3.63, 3.8) is 0 Å². The molecule has 10 heteroatoms. The van der Waals surface area contributed by atoms with Gasteiger partial charge in [0.1, 0.15) is 4.90 Å². The van der Waals surface area contributed by atoms with E-state index >= 15 is 0 Å². The van der Waals surface area contributed by atoms with Gasteiger partial charge in [-0.2, -0.15) is 10.2 Å². The molecule has 0 bridgehead atoms. The van der Waals surface area contributed by atoms with E-state index in [4.69, 9.17) is 0 Å². The Bertz CT molecular complexity index is 789. The zero-order chi connectivity index (χ0) is 15.7. The van der Waals surface area contributed by atoms with Crippen molar-refractivity contribution in [2.45, 2.75) is 37.1 Å². The van der Waals surface area contributed by atoms with Crippen molar-refractivity contribution in [1.82, 2.24) is 30.2 Å². The molecular weight excluding hydrogens is 308 g/mol. The quantitative estimate of drug-likeness (QED) is 0.652. The van der Waals surface area contributed by atoms with Gasteiger partial charge in [0.25, 0.3) is 15.9 Å². The minimum absolute atomic E-state index is 0.0182. The van der Waals surface area contributed by atoms with Gasteiger partial charge in [-0.05, 0) is 25.8 Å². The summed E-state index contributed by atoms with van der Waals surface area (Å²) in [5.74, 6) is -0.180. The smallest absolute Gasteiger partial charge is 0.281 e. The van der Waals surface area contributed by atoms with E-state index in [1.165, 1.54) is 17.1 Å². The van der Waals surface area contributed by atoms with E-state index in [0.29, 0.717) is 12.5 Å². The second kappa shape index (κ2) is 5.54. The molecule has 22 heavy (non-hydrogen) atoms. The van der Waals surface area contributed by atoms with Crippen LogP contribution in [0.4, 0.5) is 0 Å². The predicted molar refractivity (Wildman–Crippen MR) is 76.3 cm³/mol. The lowest BCUT2D eigenvalue weighted by atomic mass is 10.2. The molecule has 1 aliphatic carbocycles. The van der Waals surface area contributed by atoms with Crippen LogP contribution in [0.5, 0.6) is 0 Å². The Morgan fingerprint density at radius 3 is 2.91 bits per heavy atom. The maximum atomic E-state index is 12.0. The van der Waals surface area contributed by atoms with Crippen molar-refractivity contribution in [2.24, 2.45) is 0 Å². The van der Waals surface area contributed by atoms with Crippen molar-refractivity contribution in [1.29, 1.82) is 0 Å². The van der Waals surface area contributed by atoms with Gasteiger partial charge in [-0.15, -0.1) is 4.83 Å². The summed E-state index contributed by atoms with van der Waals surface area (Å²) < 4.78 is 25.5. The summed E-state index contributed by atoms with van der Waals surface area (Å²) in [7, 11) is -3.85. The van der Waals surface area contributed by atoms with Crippen LogP contribution >= 0.6 is 0 Å². The van der Waals surface area contributed by atoms with Crippen LogP contribution in [-0.2, 0) is 16.6 Å². The third kappa shape index (κ3) is 3.02. The summed E-state index contributed by atoms with van der Waals surface area (Å²) >= 11 is 0. The number of aromatic nitrogens is 4. The molecule has 1 saturated carbocycles. The standard InChI is InChI=1S/C12H16N6O3S/c1-2-18-7-9(6-13-18)22(20,21)17-16-12(19)11-5-10(14-15-11)8-3-4-8/h5-8,17H,2-4H2,1H3,(H,14,15)(H,16,19). The molecule has 0 aromatic carbocycles. The van der Waals surface area contributed by atoms with Gasteiger partial charge in [-0.1, -0.05) is 0 Å². The normalized spacial score (nSPS) is 15.0. The molecule has 2 aromatic heterocycles. The molecule has 2 aromatic rings. The molecular formula is C12H16N6O3S. The highest BCUT2D eigenvalue weighted by atomic mass is 32.2. The van der Waals surface area contributed by atoms with Gasteiger partial charge >= 0.3 is 0 Å². The van der Waals surface area contributed by atoms with E-state index in [0.717, 1.165) is 18.5 Å². The van der Waals surface area contributed by atoms with Crippen LogP contribution in [0.2, 0.25) is 0 Å². The molecule has 3 rings (SSSR count). The zero-order valence-corrected chi connectivity index (χ0v) is 12.7. The summed E-state index contributed by atoms with van der Waals surface area (Å²) in [6, 6.07) is 1.64. The average Bonchev–Trinajstić information content (AvgIpc) is 3.05. The number of aromatic amines is 1. The highest BCUT2D eigenvalue weighted by molar-refractivity contribution is 7.89. The number of amides is 1. The van der Waals surface area contributed by atoms with Gasteiger partial charge in [0.2, 0.25) is 0 Å². The highest BCUT2D eigenvalue weighted by Gasteiger charge is 2.26. The van der Waals surface area contributed by atoms with Gasteiger partial charge in [0.15, 0.2) is 5.69 Å². The topological polar surface area (TPSA) is 122 Å². The monoisotopic (exact) mass is 324 g/mol. The fraction of sp³-hybridized carbons (Fsp3) is 0.417. The molecule has 1 amide bonds. The van der Waals surface area contributed by atoms with Crippen LogP contribution in [0, 0.1) is 0 Å². The van der Waals surface area contributed by atoms with E-state index in [2.05, 4.69) is 20.7 Å². The Kier molecular flexibility index (Phi) is 3.71. The Morgan fingerprint density at radius 1 is 1.50 bits per heavy atom. The lowest BCUT2D eigenvalue weighted by molar-refractivity contribution is 0.0940. The van der Waals surface area contributed by atoms with Crippen LogP contribution < -0.4 is 10.3 Å². The molecule has 0 radical (unpaired) electrons. The molecule has 0 aliphatic heterocycles. The Labute approximate surface area is 127 Å². The molecule has 0 saturated heterocycles. The fourth-order valence-corrected chi connectivity index (χ4v) is 2.74. The van der Waals surface area contributed by atoms with E-state index in [1.807, 2.05) is 11.8 Å². The zero-order valence-electron chi connectivity index (χ0n) is 11.9. The molecule has 2 heterocycles. The molecule has 0 unspecified atom stereocenters. The van der Waals surface area contributed by atoms with Gasteiger partial charge in [0, 0.05) is 24.4 Å². The second-order valence-corrected chi connectivity index (χ2v) is 6.76. The van der Waals surface area contributed by atoms with Crippen LogP contribution in [0.1, 0.15) is 41.9 Å². The number of sulfonamides is 1. The third-order valence-corrected chi connectivity index (χ3v) is 4.59. The Morgan fingerprint density at radius 2 is 2.27 bits per heavy atom. The predicted octanol–water partition coefficient (Wildman–Crippen LogP) is 0.127. The summed E-state index contributed by atoms with van der Waals surface area (Å²) in [6.45, 7) is 2.40. The first-order chi connectivity index (χ1) is 10.5. The lowest BCUT2D eigenvalue weighted by Gasteiger charge is -2.04. The SMILES string of the molecule is CCn1cc(S(=O)(=O)NNC(=O)c2cc(C3CC3)[nH]n2)cn1. The molecule has 118 valence electrons. The van der Waals surface area contributed by atoms with E-state index in [9.17, 15) is 13.2 Å². The summed E-state index contributed by atoms with van der Waals surface area (Å²) in [5, 5.41) is 10.6.